The maximum absolute atomic E-state index is 6.14. The predicted octanol–water partition coefficient (Wildman–Crippen LogP) is 4.11. The number of hydrogen-bond donors (Lipinski definition) is 0. The van der Waals surface area contributed by atoms with Crippen LogP contribution in [0.3, 0.4) is 0 Å². The molecule has 1 aromatic carbocycles. The van der Waals surface area contributed by atoms with Crippen molar-refractivity contribution < 1.29 is 4.74 Å². The largest absolute Gasteiger partial charge is 0.493 e. The highest BCUT2D eigenvalue weighted by Crippen LogP contribution is 2.31. The van der Waals surface area contributed by atoms with Crippen LogP contribution in [0.5, 0.6) is 5.75 Å². The fraction of sp³-hybridized carbons (Fsp3) is 0.625. The van der Waals surface area contributed by atoms with Gasteiger partial charge >= 0.3 is 0 Å². The molecule has 0 bridgehead atoms. The van der Waals surface area contributed by atoms with E-state index in [4.69, 9.17) is 16.3 Å². The molecule has 3 heteroatoms. The standard InChI is InChI=1S/C16H22ClNO/c17-15-6-7-16(19-12-13-4-5-13)14(10-15)11-18-8-2-1-3-9-18/h6-7,10,13H,1-5,8-9,11-12H2. The topological polar surface area (TPSA) is 12.5 Å². The SMILES string of the molecule is Clc1ccc(OCC2CC2)c(CN2CCCCC2)c1. The molecule has 19 heavy (non-hydrogen) atoms. The number of hydrogen-bond acceptors (Lipinski definition) is 2. The molecule has 104 valence electrons. The molecule has 0 N–H and O–H groups in total. The summed E-state index contributed by atoms with van der Waals surface area (Å²) in [6.45, 7) is 4.25. The third-order valence-corrected chi connectivity index (χ3v) is 4.27. The quantitative estimate of drug-likeness (QED) is 0.804. The minimum absolute atomic E-state index is 0.790. The monoisotopic (exact) mass is 279 g/mol. The first kappa shape index (κ1) is 13.3. The summed E-state index contributed by atoms with van der Waals surface area (Å²) in [5.74, 6) is 1.82. The zero-order valence-corrected chi connectivity index (χ0v) is 12.2. The van der Waals surface area contributed by atoms with Crippen molar-refractivity contribution in [2.24, 2.45) is 5.92 Å². The molecule has 0 atom stereocenters. The first-order chi connectivity index (χ1) is 9.31. The highest BCUT2D eigenvalue weighted by atomic mass is 35.5. The molecular weight excluding hydrogens is 258 g/mol. The molecule has 0 unspecified atom stereocenters. The van der Waals surface area contributed by atoms with Crippen LogP contribution >= 0.6 is 11.6 Å². The summed E-state index contributed by atoms with van der Waals surface area (Å²) in [5, 5.41) is 0.811. The van der Waals surface area contributed by atoms with E-state index in [9.17, 15) is 0 Å². The molecule has 0 spiro atoms. The Morgan fingerprint density at radius 3 is 2.68 bits per heavy atom. The number of ether oxygens (including phenoxy) is 1. The van der Waals surface area contributed by atoms with Crippen LogP contribution in [0.15, 0.2) is 18.2 Å². The molecule has 1 saturated carbocycles. The lowest BCUT2D eigenvalue weighted by Crippen LogP contribution is -2.29. The van der Waals surface area contributed by atoms with Gasteiger partial charge in [-0.15, -0.1) is 0 Å². The first-order valence-corrected chi connectivity index (χ1v) is 7.82. The van der Waals surface area contributed by atoms with Crippen LogP contribution < -0.4 is 4.74 Å². The summed E-state index contributed by atoms with van der Waals surface area (Å²) in [6.07, 6.45) is 6.67. The minimum atomic E-state index is 0.790. The van der Waals surface area contributed by atoms with E-state index < -0.39 is 0 Å². The Bertz CT molecular complexity index is 425. The van der Waals surface area contributed by atoms with Gasteiger partial charge in [0.15, 0.2) is 0 Å². The molecule has 1 aromatic rings. The normalized spacial score (nSPS) is 20.5. The first-order valence-electron chi connectivity index (χ1n) is 7.45. The van der Waals surface area contributed by atoms with Crippen molar-refractivity contribution in [1.29, 1.82) is 0 Å². The molecule has 0 amide bonds. The molecule has 1 aliphatic carbocycles. The number of benzene rings is 1. The van der Waals surface area contributed by atoms with Crippen molar-refractivity contribution in [1.82, 2.24) is 4.90 Å². The van der Waals surface area contributed by atoms with Crippen molar-refractivity contribution in [3.63, 3.8) is 0 Å². The average molecular weight is 280 g/mol. The molecular formula is C16H22ClNO. The Balaban J connectivity index is 1.67. The van der Waals surface area contributed by atoms with Crippen molar-refractivity contribution >= 4 is 11.6 Å². The van der Waals surface area contributed by atoms with Gasteiger partial charge in [0.25, 0.3) is 0 Å². The average Bonchev–Trinajstić information content (AvgIpc) is 3.23. The summed E-state index contributed by atoms with van der Waals surface area (Å²) in [5.41, 5.74) is 1.25. The van der Waals surface area contributed by atoms with E-state index in [1.54, 1.807) is 0 Å². The molecule has 0 radical (unpaired) electrons. The van der Waals surface area contributed by atoms with Gasteiger partial charge in [0.05, 0.1) is 6.61 Å². The number of halogens is 1. The van der Waals surface area contributed by atoms with E-state index in [2.05, 4.69) is 11.0 Å². The summed E-state index contributed by atoms with van der Waals surface area (Å²) in [7, 11) is 0. The molecule has 2 aliphatic rings. The third kappa shape index (κ3) is 3.87. The van der Waals surface area contributed by atoms with Gasteiger partial charge in [-0.1, -0.05) is 18.0 Å². The zero-order chi connectivity index (χ0) is 13.1. The number of nitrogens with zero attached hydrogens (tertiary/aromatic N) is 1. The predicted molar refractivity (Wildman–Crippen MR) is 78.8 cm³/mol. The van der Waals surface area contributed by atoms with Gasteiger partial charge < -0.3 is 4.74 Å². The smallest absolute Gasteiger partial charge is 0.123 e. The maximum Gasteiger partial charge on any atom is 0.123 e. The van der Waals surface area contributed by atoms with Gasteiger partial charge in [-0.25, -0.2) is 0 Å². The van der Waals surface area contributed by atoms with Crippen LogP contribution in [0.1, 0.15) is 37.7 Å². The second kappa shape index (κ2) is 6.15. The van der Waals surface area contributed by atoms with Crippen molar-refractivity contribution in [3.8, 4) is 5.75 Å². The van der Waals surface area contributed by atoms with Gasteiger partial charge in [-0.3, -0.25) is 4.90 Å². The lowest BCUT2D eigenvalue weighted by Gasteiger charge is -2.27. The molecule has 1 aliphatic heterocycles. The van der Waals surface area contributed by atoms with Crippen LogP contribution in [-0.4, -0.2) is 24.6 Å². The highest BCUT2D eigenvalue weighted by Gasteiger charge is 2.22. The van der Waals surface area contributed by atoms with Gasteiger partial charge in [0, 0.05) is 17.1 Å². The molecule has 2 nitrogen and oxygen atoms in total. The second-order valence-electron chi connectivity index (χ2n) is 5.84. The van der Waals surface area contributed by atoms with E-state index in [0.29, 0.717) is 0 Å². The number of rotatable bonds is 5. The lowest BCUT2D eigenvalue weighted by molar-refractivity contribution is 0.215. The zero-order valence-electron chi connectivity index (χ0n) is 11.4. The van der Waals surface area contributed by atoms with Crippen LogP contribution in [-0.2, 0) is 6.54 Å². The third-order valence-electron chi connectivity index (χ3n) is 4.04. The van der Waals surface area contributed by atoms with Gasteiger partial charge in [0.2, 0.25) is 0 Å². The molecule has 3 rings (SSSR count). The van der Waals surface area contributed by atoms with Gasteiger partial charge in [-0.2, -0.15) is 0 Å². The fourth-order valence-electron chi connectivity index (χ4n) is 2.66. The number of piperidine rings is 1. The van der Waals surface area contributed by atoms with E-state index in [1.165, 1.54) is 50.8 Å². The molecule has 1 saturated heterocycles. The van der Waals surface area contributed by atoms with Crippen LogP contribution in [0.2, 0.25) is 5.02 Å². The Morgan fingerprint density at radius 2 is 1.95 bits per heavy atom. The molecule has 1 heterocycles. The van der Waals surface area contributed by atoms with Crippen molar-refractivity contribution in [2.75, 3.05) is 19.7 Å². The van der Waals surface area contributed by atoms with Crippen LogP contribution in [0.25, 0.3) is 0 Å². The lowest BCUT2D eigenvalue weighted by atomic mass is 10.1. The molecule has 0 aromatic heterocycles. The van der Waals surface area contributed by atoms with Crippen LogP contribution in [0, 0.1) is 5.92 Å². The minimum Gasteiger partial charge on any atom is -0.493 e. The van der Waals surface area contributed by atoms with E-state index in [-0.39, 0.29) is 0 Å². The summed E-state index contributed by atoms with van der Waals surface area (Å²) in [4.78, 5) is 2.51. The fourth-order valence-corrected chi connectivity index (χ4v) is 2.86. The van der Waals surface area contributed by atoms with Gasteiger partial charge in [-0.05, 0) is 62.9 Å². The Morgan fingerprint density at radius 1 is 1.16 bits per heavy atom. The van der Waals surface area contributed by atoms with E-state index in [0.717, 1.165) is 29.8 Å². The van der Waals surface area contributed by atoms with Crippen molar-refractivity contribution in [3.05, 3.63) is 28.8 Å². The summed E-state index contributed by atoms with van der Waals surface area (Å²) >= 11 is 6.14. The van der Waals surface area contributed by atoms with Gasteiger partial charge in [0.1, 0.15) is 5.75 Å². The number of likely N-dealkylation sites (tertiary alicyclic amines) is 1. The Labute approximate surface area is 120 Å². The van der Waals surface area contributed by atoms with E-state index in [1.807, 2.05) is 12.1 Å². The Hall–Kier alpha value is -0.730. The second-order valence-corrected chi connectivity index (χ2v) is 6.28. The summed E-state index contributed by atoms with van der Waals surface area (Å²) in [6, 6.07) is 6.03. The van der Waals surface area contributed by atoms with Crippen molar-refractivity contribution in [2.45, 2.75) is 38.6 Å². The van der Waals surface area contributed by atoms with E-state index >= 15 is 0 Å². The maximum atomic E-state index is 6.14. The van der Waals surface area contributed by atoms with Crippen LogP contribution in [0.4, 0.5) is 0 Å². The summed E-state index contributed by atoms with van der Waals surface area (Å²) < 4.78 is 5.97. The Kier molecular flexibility index (Phi) is 4.29. The highest BCUT2D eigenvalue weighted by molar-refractivity contribution is 6.30. The molecule has 2 fully saturated rings.